The lowest BCUT2D eigenvalue weighted by Gasteiger charge is -2.18. The monoisotopic (exact) mass is 1160 g/mol. The maximum absolute atomic E-state index is 12.9. The molecular formula is C77H138O6. The molecule has 83 heavy (non-hydrogen) atoms. The molecule has 1 atom stereocenters. The minimum absolute atomic E-state index is 0.0716. The lowest BCUT2D eigenvalue weighted by atomic mass is 10.0. The van der Waals surface area contributed by atoms with Crippen LogP contribution in [0.5, 0.6) is 0 Å². The molecule has 0 bridgehead atoms. The van der Waals surface area contributed by atoms with Gasteiger partial charge in [0.15, 0.2) is 6.10 Å². The van der Waals surface area contributed by atoms with Gasteiger partial charge in [0.05, 0.1) is 0 Å². The summed E-state index contributed by atoms with van der Waals surface area (Å²) in [6, 6.07) is 0. The van der Waals surface area contributed by atoms with E-state index in [0.29, 0.717) is 19.3 Å². The van der Waals surface area contributed by atoms with E-state index in [9.17, 15) is 14.4 Å². The van der Waals surface area contributed by atoms with Crippen LogP contribution < -0.4 is 0 Å². The number of unbranched alkanes of at least 4 members (excludes halogenated alkanes) is 44. The first-order valence-corrected chi connectivity index (χ1v) is 36.4. The van der Waals surface area contributed by atoms with Crippen molar-refractivity contribution < 1.29 is 28.6 Å². The normalized spacial score (nSPS) is 12.5. The fourth-order valence-electron chi connectivity index (χ4n) is 10.8. The summed E-state index contributed by atoms with van der Waals surface area (Å²) in [4.78, 5) is 38.4. The van der Waals surface area contributed by atoms with Gasteiger partial charge >= 0.3 is 17.9 Å². The predicted octanol–water partition coefficient (Wildman–Crippen LogP) is 25.2. The summed E-state index contributed by atoms with van der Waals surface area (Å²) in [6.07, 6.45) is 93.7. The van der Waals surface area contributed by atoms with Crippen LogP contribution in [0.2, 0.25) is 0 Å². The van der Waals surface area contributed by atoms with Crippen molar-refractivity contribution in [3.63, 3.8) is 0 Å². The Kier molecular flexibility index (Phi) is 68.6. The fraction of sp³-hybridized carbons (Fsp3) is 0.805. The predicted molar refractivity (Wildman–Crippen MR) is 362 cm³/mol. The van der Waals surface area contributed by atoms with E-state index in [-0.39, 0.29) is 31.1 Å². The minimum atomic E-state index is -0.776. The van der Waals surface area contributed by atoms with Gasteiger partial charge in [0, 0.05) is 19.3 Å². The Morgan fingerprint density at radius 2 is 0.470 bits per heavy atom. The van der Waals surface area contributed by atoms with Crippen molar-refractivity contribution in [2.75, 3.05) is 13.2 Å². The third-order valence-electron chi connectivity index (χ3n) is 16.2. The molecule has 0 aromatic rings. The Morgan fingerprint density at radius 1 is 0.253 bits per heavy atom. The van der Waals surface area contributed by atoms with Crippen LogP contribution >= 0.6 is 0 Å². The molecule has 0 radical (unpaired) electrons. The maximum atomic E-state index is 12.9. The quantitative estimate of drug-likeness (QED) is 0.0261. The third-order valence-corrected chi connectivity index (χ3v) is 16.2. The Morgan fingerprint density at radius 3 is 0.747 bits per heavy atom. The van der Waals surface area contributed by atoms with Crippen LogP contribution in [0.1, 0.15) is 380 Å². The molecule has 0 aliphatic heterocycles. The molecule has 0 spiro atoms. The van der Waals surface area contributed by atoms with Gasteiger partial charge in [-0.3, -0.25) is 14.4 Å². The first kappa shape index (κ1) is 79.8. The van der Waals surface area contributed by atoms with Crippen LogP contribution in [-0.4, -0.2) is 37.2 Å². The van der Waals surface area contributed by atoms with E-state index in [0.717, 1.165) is 96.3 Å². The highest BCUT2D eigenvalue weighted by molar-refractivity contribution is 5.71. The summed E-state index contributed by atoms with van der Waals surface area (Å²) in [7, 11) is 0. The SMILES string of the molecule is CC/C=C\C/C=C\C/C=C\C/C=C\C/C=C\CCCCCCCCCCCCCCCCCCCC(=O)OCC(COC(=O)CCCCCCC/C=C\CCCCCCCC)OC(=O)CCCCCCCCCCCCCCCCCCC. The van der Waals surface area contributed by atoms with E-state index >= 15 is 0 Å². The molecular weight excluding hydrogens is 1020 g/mol. The second kappa shape index (κ2) is 71.3. The van der Waals surface area contributed by atoms with Crippen molar-refractivity contribution in [1.29, 1.82) is 0 Å². The van der Waals surface area contributed by atoms with Crippen molar-refractivity contribution in [1.82, 2.24) is 0 Å². The zero-order valence-electron chi connectivity index (χ0n) is 55.5. The van der Waals surface area contributed by atoms with Gasteiger partial charge in [-0.05, 0) is 89.9 Å². The number of hydrogen-bond acceptors (Lipinski definition) is 6. The number of carbonyl (C=O) groups excluding carboxylic acids is 3. The molecule has 0 amide bonds. The first-order chi connectivity index (χ1) is 41.0. The van der Waals surface area contributed by atoms with Crippen molar-refractivity contribution in [2.24, 2.45) is 0 Å². The van der Waals surface area contributed by atoms with Crippen LogP contribution in [-0.2, 0) is 28.6 Å². The van der Waals surface area contributed by atoms with E-state index in [1.54, 1.807) is 0 Å². The summed E-state index contributed by atoms with van der Waals surface area (Å²) in [6.45, 7) is 6.58. The highest BCUT2D eigenvalue weighted by Gasteiger charge is 2.19. The number of ether oxygens (including phenoxy) is 3. The van der Waals surface area contributed by atoms with Crippen molar-refractivity contribution in [2.45, 2.75) is 386 Å². The molecule has 0 aliphatic rings. The molecule has 0 N–H and O–H groups in total. The van der Waals surface area contributed by atoms with Crippen molar-refractivity contribution in [3.05, 3.63) is 72.9 Å². The van der Waals surface area contributed by atoms with Gasteiger partial charge in [0.1, 0.15) is 13.2 Å². The van der Waals surface area contributed by atoms with Crippen LogP contribution in [0.25, 0.3) is 0 Å². The van der Waals surface area contributed by atoms with Gasteiger partial charge in [0.25, 0.3) is 0 Å². The smallest absolute Gasteiger partial charge is 0.306 e. The molecule has 0 fully saturated rings. The molecule has 0 saturated carbocycles. The second-order valence-electron chi connectivity index (χ2n) is 24.5. The second-order valence-corrected chi connectivity index (χ2v) is 24.5. The number of esters is 3. The molecule has 482 valence electrons. The third kappa shape index (κ3) is 69.5. The molecule has 0 aromatic carbocycles. The molecule has 0 aromatic heterocycles. The van der Waals surface area contributed by atoms with Gasteiger partial charge in [-0.1, -0.05) is 344 Å². The highest BCUT2D eigenvalue weighted by Crippen LogP contribution is 2.18. The number of allylic oxidation sites excluding steroid dienone is 12. The van der Waals surface area contributed by atoms with Gasteiger partial charge in [-0.25, -0.2) is 0 Å². The summed E-state index contributed by atoms with van der Waals surface area (Å²) < 4.78 is 17.0. The summed E-state index contributed by atoms with van der Waals surface area (Å²) >= 11 is 0. The molecule has 6 heteroatoms. The van der Waals surface area contributed by atoms with E-state index in [4.69, 9.17) is 14.2 Å². The molecule has 1 unspecified atom stereocenters. The first-order valence-electron chi connectivity index (χ1n) is 36.4. The summed E-state index contributed by atoms with van der Waals surface area (Å²) in [5.74, 6) is -0.854. The average molecular weight is 1160 g/mol. The van der Waals surface area contributed by atoms with Gasteiger partial charge in [0.2, 0.25) is 0 Å². The molecule has 0 rings (SSSR count). The topological polar surface area (TPSA) is 78.9 Å². The van der Waals surface area contributed by atoms with E-state index in [1.807, 2.05) is 0 Å². The van der Waals surface area contributed by atoms with Crippen molar-refractivity contribution >= 4 is 17.9 Å². The standard InChI is InChI=1S/C77H138O6/c1-4-7-10-13-16-19-22-25-28-30-31-32-33-34-35-36-37-38-39-40-41-42-43-44-45-47-49-52-55-58-61-64-67-70-76(79)82-73-74(72-81-75(78)69-66-63-60-57-54-51-48-27-24-21-18-15-12-9-6-3)83-77(80)71-68-65-62-59-56-53-50-46-29-26-23-20-17-14-11-8-5-2/h7,10,16,19,25,27-28,31-32,34-35,48,74H,4-6,8-9,11-15,17-18,20-24,26,29-30,33,36-47,49-73H2,1-3H3/b10-7-,19-16-,28-25-,32-31-,35-34-,48-27-. The Labute approximate surface area is 516 Å². The molecule has 0 heterocycles. The van der Waals surface area contributed by atoms with Crippen LogP contribution in [0.4, 0.5) is 0 Å². The van der Waals surface area contributed by atoms with Crippen molar-refractivity contribution in [3.8, 4) is 0 Å². The van der Waals surface area contributed by atoms with E-state index in [1.165, 1.54) is 244 Å². The molecule has 0 aliphatic carbocycles. The summed E-state index contributed by atoms with van der Waals surface area (Å²) in [5, 5.41) is 0. The van der Waals surface area contributed by atoms with E-state index in [2.05, 4.69) is 93.7 Å². The fourth-order valence-corrected chi connectivity index (χ4v) is 10.8. The van der Waals surface area contributed by atoms with Crippen LogP contribution in [0, 0.1) is 0 Å². The number of hydrogen-bond donors (Lipinski definition) is 0. The Balaban J connectivity index is 4.18. The van der Waals surface area contributed by atoms with Crippen LogP contribution in [0.15, 0.2) is 72.9 Å². The van der Waals surface area contributed by atoms with Gasteiger partial charge in [-0.15, -0.1) is 0 Å². The molecule has 6 nitrogen and oxygen atoms in total. The lowest BCUT2D eigenvalue weighted by molar-refractivity contribution is -0.167. The zero-order valence-corrected chi connectivity index (χ0v) is 55.5. The van der Waals surface area contributed by atoms with Gasteiger partial charge < -0.3 is 14.2 Å². The largest absolute Gasteiger partial charge is 0.462 e. The van der Waals surface area contributed by atoms with E-state index < -0.39 is 6.10 Å². The minimum Gasteiger partial charge on any atom is -0.462 e. The van der Waals surface area contributed by atoms with Gasteiger partial charge in [-0.2, -0.15) is 0 Å². The lowest BCUT2D eigenvalue weighted by Crippen LogP contribution is -2.30. The number of rotatable bonds is 67. The summed E-state index contributed by atoms with van der Waals surface area (Å²) in [5.41, 5.74) is 0. The van der Waals surface area contributed by atoms with Crippen LogP contribution in [0.3, 0.4) is 0 Å². The Bertz CT molecular complexity index is 1520. The Hall–Kier alpha value is -3.15. The zero-order chi connectivity index (χ0) is 59.9. The highest BCUT2D eigenvalue weighted by atomic mass is 16.6. The average Bonchev–Trinajstić information content (AvgIpc) is 3.49. The maximum Gasteiger partial charge on any atom is 0.306 e. The molecule has 0 saturated heterocycles. The number of carbonyl (C=O) groups is 3.